The predicted molar refractivity (Wildman–Crippen MR) is 82.4 cm³/mol. The van der Waals surface area contributed by atoms with E-state index in [0.717, 1.165) is 50.9 Å². The van der Waals surface area contributed by atoms with E-state index in [4.69, 9.17) is 10.5 Å². The van der Waals surface area contributed by atoms with Crippen molar-refractivity contribution in [3.8, 4) is 5.75 Å². The normalized spacial score (nSPS) is 21.8. The molecule has 4 heteroatoms. The van der Waals surface area contributed by atoms with Gasteiger partial charge in [-0.2, -0.15) is 0 Å². The van der Waals surface area contributed by atoms with Crippen LogP contribution in [0, 0.1) is 0 Å². The molecule has 1 aliphatic carbocycles. The van der Waals surface area contributed by atoms with Crippen LogP contribution in [0.1, 0.15) is 36.8 Å². The number of likely N-dealkylation sites (tertiary alicyclic amines) is 1. The Kier molecular flexibility index (Phi) is 4.44. The van der Waals surface area contributed by atoms with Crippen LogP contribution in [0.4, 0.5) is 0 Å². The Bertz CT molecular complexity index is 510. The summed E-state index contributed by atoms with van der Waals surface area (Å²) in [5.41, 5.74) is 8.66. The van der Waals surface area contributed by atoms with Gasteiger partial charge in [0, 0.05) is 19.1 Å². The molecule has 114 valence electrons. The molecule has 0 spiro atoms. The number of hydrogen-bond acceptors (Lipinski definition) is 3. The number of piperidine rings is 1. The van der Waals surface area contributed by atoms with Crippen LogP contribution in [0.5, 0.6) is 5.75 Å². The lowest BCUT2D eigenvalue weighted by Crippen LogP contribution is -2.38. The van der Waals surface area contributed by atoms with Gasteiger partial charge in [0.15, 0.2) is 6.61 Å². The van der Waals surface area contributed by atoms with Crippen LogP contribution in [0.15, 0.2) is 18.2 Å². The van der Waals surface area contributed by atoms with E-state index in [9.17, 15) is 4.79 Å². The first kappa shape index (κ1) is 14.4. The number of benzene rings is 1. The van der Waals surface area contributed by atoms with E-state index in [1.807, 2.05) is 11.0 Å². The van der Waals surface area contributed by atoms with Crippen molar-refractivity contribution < 1.29 is 9.53 Å². The van der Waals surface area contributed by atoms with E-state index in [0.29, 0.717) is 0 Å². The molecule has 0 saturated carbocycles. The molecular formula is C17H24N2O2. The molecule has 1 aromatic rings. The number of aryl methyl sites for hydroxylation is 1. The van der Waals surface area contributed by atoms with Crippen molar-refractivity contribution in [2.45, 2.75) is 44.6 Å². The van der Waals surface area contributed by atoms with E-state index < -0.39 is 0 Å². The Morgan fingerprint density at radius 3 is 2.86 bits per heavy atom. The van der Waals surface area contributed by atoms with Crippen LogP contribution >= 0.6 is 0 Å². The molecule has 3 rings (SSSR count). The summed E-state index contributed by atoms with van der Waals surface area (Å²) in [6, 6.07) is 6.39. The van der Waals surface area contributed by atoms with Crippen LogP contribution in [0.3, 0.4) is 0 Å². The molecule has 1 saturated heterocycles. The van der Waals surface area contributed by atoms with E-state index >= 15 is 0 Å². The summed E-state index contributed by atoms with van der Waals surface area (Å²) in [5.74, 6) is 0.886. The molecule has 4 nitrogen and oxygen atoms in total. The molecule has 1 atom stereocenters. The van der Waals surface area contributed by atoms with Gasteiger partial charge in [-0.3, -0.25) is 4.79 Å². The third-order valence-electron chi connectivity index (χ3n) is 4.52. The third kappa shape index (κ3) is 3.56. The second-order valence-corrected chi connectivity index (χ2v) is 6.16. The summed E-state index contributed by atoms with van der Waals surface area (Å²) >= 11 is 0. The fourth-order valence-electron chi connectivity index (χ4n) is 3.23. The van der Waals surface area contributed by atoms with Gasteiger partial charge in [0.25, 0.3) is 5.91 Å². The minimum Gasteiger partial charge on any atom is -0.484 e. The average molecular weight is 288 g/mol. The van der Waals surface area contributed by atoms with E-state index in [2.05, 4.69) is 12.1 Å². The zero-order valence-corrected chi connectivity index (χ0v) is 12.5. The van der Waals surface area contributed by atoms with Gasteiger partial charge in [0.05, 0.1) is 0 Å². The Hall–Kier alpha value is -1.55. The summed E-state index contributed by atoms with van der Waals surface area (Å²) in [4.78, 5) is 14.0. The minimum atomic E-state index is 0.101. The van der Waals surface area contributed by atoms with E-state index in [1.165, 1.54) is 17.5 Å². The molecule has 1 aliphatic heterocycles. The number of carbonyl (C=O) groups excluding carboxylic acids is 1. The fourth-order valence-corrected chi connectivity index (χ4v) is 3.23. The standard InChI is InChI=1S/C17H24N2O2/c18-15-6-4-13-5-7-16(11-14(13)10-15)21-12-17(20)19-8-2-1-3-9-19/h5,7,11,15H,1-4,6,8-10,12,18H2/t15-/m0/s1. The predicted octanol–water partition coefficient (Wildman–Crippen LogP) is 1.89. The van der Waals surface area contributed by atoms with Gasteiger partial charge in [0.1, 0.15) is 5.75 Å². The topological polar surface area (TPSA) is 55.6 Å². The van der Waals surface area contributed by atoms with Crippen molar-refractivity contribution in [1.29, 1.82) is 0 Å². The fraction of sp³-hybridized carbons (Fsp3) is 0.588. The Morgan fingerprint density at radius 1 is 1.24 bits per heavy atom. The first-order valence-corrected chi connectivity index (χ1v) is 8.00. The second kappa shape index (κ2) is 6.48. The van der Waals surface area contributed by atoms with Crippen LogP contribution in [0.25, 0.3) is 0 Å². The molecule has 21 heavy (non-hydrogen) atoms. The van der Waals surface area contributed by atoms with E-state index in [-0.39, 0.29) is 18.6 Å². The smallest absolute Gasteiger partial charge is 0.260 e. The average Bonchev–Trinajstić information content (AvgIpc) is 2.53. The number of hydrogen-bond donors (Lipinski definition) is 1. The first-order chi connectivity index (χ1) is 10.2. The first-order valence-electron chi connectivity index (χ1n) is 8.00. The molecule has 2 aliphatic rings. The van der Waals surface area contributed by atoms with Crippen molar-refractivity contribution in [2.75, 3.05) is 19.7 Å². The van der Waals surface area contributed by atoms with Crippen LogP contribution < -0.4 is 10.5 Å². The monoisotopic (exact) mass is 288 g/mol. The van der Waals surface area contributed by atoms with Gasteiger partial charge in [0.2, 0.25) is 0 Å². The van der Waals surface area contributed by atoms with Crippen molar-refractivity contribution in [2.24, 2.45) is 5.73 Å². The van der Waals surface area contributed by atoms with Crippen molar-refractivity contribution in [1.82, 2.24) is 4.90 Å². The highest BCUT2D eigenvalue weighted by atomic mass is 16.5. The lowest BCUT2D eigenvalue weighted by Gasteiger charge is -2.26. The molecule has 1 heterocycles. The van der Waals surface area contributed by atoms with Crippen molar-refractivity contribution >= 4 is 5.91 Å². The highest BCUT2D eigenvalue weighted by Crippen LogP contribution is 2.25. The molecule has 0 unspecified atom stereocenters. The van der Waals surface area contributed by atoms with Crippen LogP contribution in [0.2, 0.25) is 0 Å². The molecule has 2 N–H and O–H groups in total. The Labute approximate surface area is 126 Å². The molecule has 0 radical (unpaired) electrons. The van der Waals surface area contributed by atoms with Crippen LogP contribution in [-0.2, 0) is 17.6 Å². The van der Waals surface area contributed by atoms with Crippen molar-refractivity contribution in [3.05, 3.63) is 29.3 Å². The number of ether oxygens (including phenoxy) is 1. The largest absolute Gasteiger partial charge is 0.484 e. The van der Waals surface area contributed by atoms with Crippen molar-refractivity contribution in [3.63, 3.8) is 0 Å². The number of amides is 1. The van der Waals surface area contributed by atoms with Gasteiger partial charge in [-0.05, 0) is 61.8 Å². The maximum absolute atomic E-state index is 12.1. The maximum atomic E-state index is 12.1. The number of fused-ring (bicyclic) bond motifs is 1. The van der Waals surface area contributed by atoms with Crippen LogP contribution in [-0.4, -0.2) is 36.5 Å². The third-order valence-corrected chi connectivity index (χ3v) is 4.52. The lowest BCUT2D eigenvalue weighted by atomic mass is 9.89. The zero-order valence-electron chi connectivity index (χ0n) is 12.5. The summed E-state index contributed by atoms with van der Waals surface area (Å²) in [7, 11) is 0. The highest BCUT2D eigenvalue weighted by molar-refractivity contribution is 5.77. The number of rotatable bonds is 3. The van der Waals surface area contributed by atoms with E-state index in [1.54, 1.807) is 0 Å². The molecule has 1 amide bonds. The number of nitrogens with two attached hydrogens (primary N) is 1. The second-order valence-electron chi connectivity index (χ2n) is 6.16. The Balaban J connectivity index is 1.58. The van der Waals surface area contributed by atoms with Gasteiger partial charge in [-0.15, -0.1) is 0 Å². The highest BCUT2D eigenvalue weighted by Gasteiger charge is 2.18. The summed E-state index contributed by atoms with van der Waals surface area (Å²) < 4.78 is 5.69. The minimum absolute atomic E-state index is 0.101. The molecule has 1 fully saturated rings. The lowest BCUT2D eigenvalue weighted by molar-refractivity contribution is -0.134. The SMILES string of the molecule is N[C@H]1CCc2ccc(OCC(=O)N3CCCCC3)cc2C1. The molecule has 0 aromatic heterocycles. The van der Waals surface area contributed by atoms with Gasteiger partial charge >= 0.3 is 0 Å². The van der Waals surface area contributed by atoms with Gasteiger partial charge in [-0.1, -0.05) is 6.07 Å². The van der Waals surface area contributed by atoms with Gasteiger partial charge < -0.3 is 15.4 Å². The summed E-state index contributed by atoms with van der Waals surface area (Å²) in [6.07, 6.45) is 6.47. The zero-order chi connectivity index (χ0) is 14.7. The number of nitrogens with zero attached hydrogens (tertiary/aromatic N) is 1. The number of carbonyl (C=O) groups is 1. The Morgan fingerprint density at radius 2 is 2.05 bits per heavy atom. The maximum Gasteiger partial charge on any atom is 0.260 e. The summed E-state index contributed by atoms with van der Waals surface area (Å²) in [5, 5.41) is 0. The quantitative estimate of drug-likeness (QED) is 0.924. The molecule has 1 aromatic carbocycles. The molecular weight excluding hydrogens is 264 g/mol. The summed E-state index contributed by atoms with van der Waals surface area (Å²) in [6.45, 7) is 1.90. The molecule has 0 bridgehead atoms. The van der Waals surface area contributed by atoms with Gasteiger partial charge in [-0.25, -0.2) is 0 Å².